The lowest BCUT2D eigenvalue weighted by atomic mass is 9.92. The standard InChI is InChI=1S/C18H26N2O2Si/c1-13-14(9-10-23(2,3)4)11-15(12-19-13)18(22)20-16-7-5-6-8-17(16)21/h11-12,16-17,21H,5-8H2,1-4H3,(H,20,22)/t16-,17-/m0/s1. The molecular weight excluding hydrogens is 304 g/mol. The number of carbonyl (C=O) groups excluding carboxylic acids is 1. The molecule has 2 atom stereocenters. The highest BCUT2D eigenvalue weighted by Gasteiger charge is 2.25. The van der Waals surface area contributed by atoms with Gasteiger partial charge in [-0.15, -0.1) is 5.54 Å². The van der Waals surface area contributed by atoms with Gasteiger partial charge in [0.2, 0.25) is 0 Å². The Labute approximate surface area is 139 Å². The Kier molecular flexibility index (Phi) is 5.61. The van der Waals surface area contributed by atoms with Crippen LogP contribution in [0.25, 0.3) is 0 Å². The first kappa shape index (κ1) is 17.7. The van der Waals surface area contributed by atoms with Gasteiger partial charge in [-0.05, 0) is 25.8 Å². The van der Waals surface area contributed by atoms with Gasteiger partial charge in [-0.2, -0.15) is 0 Å². The Bertz CT molecular complexity index is 641. The summed E-state index contributed by atoms with van der Waals surface area (Å²) in [7, 11) is -1.47. The number of aryl methyl sites for hydroxylation is 1. The van der Waals surface area contributed by atoms with Crippen LogP contribution in [-0.2, 0) is 0 Å². The van der Waals surface area contributed by atoms with Crippen LogP contribution in [0.4, 0.5) is 0 Å². The molecule has 124 valence electrons. The van der Waals surface area contributed by atoms with Crippen molar-refractivity contribution in [1.29, 1.82) is 0 Å². The second kappa shape index (κ2) is 7.29. The predicted octanol–water partition coefficient (Wildman–Crippen LogP) is 2.65. The maximum Gasteiger partial charge on any atom is 0.253 e. The molecule has 1 fully saturated rings. The minimum atomic E-state index is -1.47. The zero-order valence-electron chi connectivity index (χ0n) is 14.4. The van der Waals surface area contributed by atoms with Gasteiger partial charge in [-0.1, -0.05) is 38.4 Å². The van der Waals surface area contributed by atoms with Gasteiger partial charge in [0.05, 0.1) is 23.4 Å². The van der Waals surface area contributed by atoms with E-state index in [-0.39, 0.29) is 11.9 Å². The lowest BCUT2D eigenvalue weighted by Crippen LogP contribution is -2.45. The third kappa shape index (κ3) is 5.19. The van der Waals surface area contributed by atoms with Gasteiger partial charge in [0.1, 0.15) is 8.07 Å². The first-order valence-corrected chi connectivity index (χ1v) is 11.7. The van der Waals surface area contributed by atoms with Crippen molar-refractivity contribution in [2.45, 2.75) is 64.4 Å². The molecule has 1 aliphatic rings. The highest BCUT2D eigenvalue weighted by atomic mass is 28.3. The van der Waals surface area contributed by atoms with Crippen LogP contribution in [0.2, 0.25) is 19.6 Å². The summed E-state index contributed by atoms with van der Waals surface area (Å²) < 4.78 is 0. The summed E-state index contributed by atoms with van der Waals surface area (Å²) >= 11 is 0. The molecule has 23 heavy (non-hydrogen) atoms. The minimum absolute atomic E-state index is 0.158. The highest BCUT2D eigenvalue weighted by Crippen LogP contribution is 2.19. The first-order chi connectivity index (χ1) is 10.8. The molecule has 0 spiro atoms. The molecule has 2 N–H and O–H groups in total. The van der Waals surface area contributed by atoms with Crippen LogP contribution in [0, 0.1) is 18.4 Å². The molecule has 1 aliphatic carbocycles. The summed E-state index contributed by atoms with van der Waals surface area (Å²) in [5, 5.41) is 12.9. The van der Waals surface area contributed by atoms with Gasteiger partial charge >= 0.3 is 0 Å². The number of hydrogen-bond donors (Lipinski definition) is 2. The van der Waals surface area contributed by atoms with Gasteiger partial charge < -0.3 is 10.4 Å². The Morgan fingerprint density at radius 3 is 2.70 bits per heavy atom. The Balaban J connectivity index is 2.16. The summed E-state index contributed by atoms with van der Waals surface area (Å²) in [6.45, 7) is 8.46. The van der Waals surface area contributed by atoms with Crippen molar-refractivity contribution in [3.63, 3.8) is 0 Å². The van der Waals surface area contributed by atoms with Gasteiger partial charge in [-0.25, -0.2) is 0 Å². The van der Waals surface area contributed by atoms with E-state index in [0.717, 1.165) is 36.9 Å². The molecule has 1 aromatic heterocycles. The van der Waals surface area contributed by atoms with Crippen LogP contribution in [0.1, 0.15) is 47.3 Å². The average molecular weight is 331 g/mol. The largest absolute Gasteiger partial charge is 0.391 e. The van der Waals surface area contributed by atoms with E-state index in [1.165, 1.54) is 0 Å². The van der Waals surface area contributed by atoms with Crippen molar-refractivity contribution < 1.29 is 9.90 Å². The maximum absolute atomic E-state index is 12.4. The summed E-state index contributed by atoms with van der Waals surface area (Å²) in [4.78, 5) is 16.7. The third-order valence-corrected chi connectivity index (χ3v) is 4.84. The zero-order chi connectivity index (χ0) is 17.0. The normalized spacial score (nSPS) is 21.3. The first-order valence-electron chi connectivity index (χ1n) is 8.25. The number of nitrogens with zero attached hydrogens (tertiary/aromatic N) is 1. The van der Waals surface area contributed by atoms with E-state index >= 15 is 0 Å². The average Bonchev–Trinajstić information content (AvgIpc) is 2.48. The number of aromatic nitrogens is 1. The number of nitrogens with one attached hydrogen (secondary N) is 1. The summed E-state index contributed by atoms with van der Waals surface area (Å²) in [5.74, 6) is 3.00. The summed E-state index contributed by atoms with van der Waals surface area (Å²) in [6.07, 6.45) is 4.78. The fourth-order valence-corrected chi connectivity index (χ4v) is 3.08. The van der Waals surface area contributed by atoms with E-state index in [1.807, 2.05) is 6.92 Å². The topological polar surface area (TPSA) is 62.2 Å². The number of aliphatic hydroxyl groups excluding tert-OH is 1. The van der Waals surface area contributed by atoms with E-state index in [0.29, 0.717) is 5.56 Å². The molecule has 1 saturated carbocycles. The quantitative estimate of drug-likeness (QED) is 0.647. The maximum atomic E-state index is 12.4. The lowest BCUT2D eigenvalue weighted by molar-refractivity contribution is 0.0717. The molecule has 0 aromatic carbocycles. The van der Waals surface area contributed by atoms with Crippen molar-refractivity contribution in [3.05, 3.63) is 29.1 Å². The van der Waals surface area contributed by atoms with Crippen LogP contribution >= 0.6 is 0 Å². The van der Waals surface area contributed by atoms with E-state index in [9.17, 15) is 9.90 Å². The van der Waals surface area contributed by atoms with Crippen LogP contribution in [0.3, 0.4) is 0 Å². The monoisotopic (exact) mass is 330 g/mol. The Hall–Kier alpha value is -1.64. The van der Waals surface area contributed by atoms with E-state index in [4.69, 9.17) is 0 Å². The third-order valence-electron chi connectivity index (χ3n) is 3.97. The van der Waals surface area contributed by atoms with Gasteiger partial charge in [-0.3, -0.25) is 9.78 Å². The van der Waals surface area contributed by atoms with Gasteiger partial charge in [0, 0.05) is 11.8 Å². The molecule has 0 aliphatic heterocycles. The van der Waals surface area contributed by atoms with E-state index in [1.54, 1.807) is 12.3 Å². The number of amides is 1. The summed E-state index contributed by atoms with van der Waals surface area (Å²) in [5.41, 5.74) is 5.47. The summed E-state index contributed by atoms with van der Waals surface area (Å²) in [6, 6.07) is 1.65. The second-order valence-corrected chi connectivity index (χ2v) is 12.0. The van der Waals surface area contributed by atoms with Crippen LogP contribution in [-0.4, -0.2) is 36.2 Å². The Morgan fingerprint density at radius 1 is 1.35 bits per heavy atom. The van der Waals surface area contributed by atoms with Crippen molar-refractivity contribution in [2.24, 2.45) is 0 Å². The molecule has 1 heterocycles. The van der Waals surface area contributed by atoms with E-state index in [2.05, 4.69) is 41.4 Å². The van der Waals surface area contributed by atoms with Crippen molar-refractivity contribution >= 4 is 14.0 Å². The van der Waals surface area contributed by atoms with Crippen LogP contribution in [0.15, 0.2) is 12.3 Å². The van der Waals surface area contributed by atoms with Crippen molar-refractivity contribution in [1.82, 2.24) is 10.3 Å². The second-order valence-electron chi connectivity index (χ2n) is 7.29. The van der Waals surface area contributed by atoms with Crippen LogP contribution in [0.5, 0.6) is 0 Å². The Morgan fingerprint density at radius 2 is 2.04 bits per heavy atom. The predicted molar refractivity (Wildman–Crippen MR) is 94.9 cm³/mol. The van der Waals surface area contributed by atoms with E-state index < -0.39 is 14.2 Å². The smallest absolute Gasteiger partial charge is 0.253 e. The molecule has 2 rings (SSSR count). The number of hydrogen-bond acceptors (Lipinski definition) is 3. The molecule has 1 amide bonds. The van der Waals surface area contributed by atoms with Gasteiger partial charge in [0.15, 0.2) is 0 Å². The minimum Gasteiger partial charge on any atom is -0.391 e. The molecule has 5 heteroatoms. The molecule has 0 bridgehead atoms. The molecule has 0 radical (unpaired) electrons. The van der Waals surface area contributed by atoms with Crippen molar-refractivity contribution in [2.75, 3.05) is 0 Å². The molecule has 0 saturated heterocycles. The van der Waals surface area contributed by atoms with Crippen molar-refractivity contribution in [3.8, 4) is 11.5 Å². The molecule has 4 nitrogen and oxygen atoms in total. The SMILES string of the molecule is Cc1ncc(C(=O)N[C@H]2CCCC[C@@H]2O)cc1C#C[Si](C)(C)C. The van der Waals surface area contributed by atoms with Crippen LogP contribution < -0.4 is 5.32 Å². The lowest BCUT2D eigenvalue weighted by Gasteiger charge is -2.28. The molecular formula is C18H26N2O2Si. The fraction of sp³-hybridized carbons (Fsp3) is 0.556. The highest BCUT2D eigenvalue weighted by molar-refractivity contribution is 6.83. The van der Waals surface area contributed by atoms with Gasteiger partial charge in [0.25, 0.3) is 5.91 Å². The number of carbonyl (C=O) groups is 1. The zero-order valence-corrected chi connectivity index (χ0v) is 15.4. The number of aliphatic hydroxyl groups is 1. The molecule has 0 unspecified atom stereocenters. The molecule has 1 aromatic rings. The number of rotatable bonds is 2. The fourth-order valence-electron chi connectivity index (χ4n) is 2.57. The number of pyridine rings is 1.